The molecule has 156 valence electrons. The van der Waals surface area contributed by atoms with Crippen LogP contribution in [0.15, 0.2) is 53.1 Å². The molecule has 0 saturated carbocycles. The van der Waals surface area contributed by atoms with Gasteiger partial charge in [-0.1, -0.05) is 12.1 Å². The number of rotatable bonds is 4. The molecule has 1 aromatic heterocycles. The van der Waals surface area contributed by atoms with Crippen LogP contribution in [0.3, 0.4) is 0 Å². The van der Waals surface area contributed by atoms with E-state index >= 15 is 0 Å². The van der Waals surface area contributed by atoms with Crippen molar-refractivity contribution in [1.29, 1.82) is 0 Å². The minimum Gasteiger partial charge on any atom is -0.497 e. The summed E-state index contributed by atoms with van der Waals surface area (Å²) in [4.78, 5) is 28.8. The predicted molar refractivity (Wildman–Crippen MR) is 115 cm³/mol. The first-order valence-corrected chi connectivity index (χ1v) is 9.98. The molecule has 0 aliphatic carbocycles. The second-order valence-electron chi connectivity index (χ2n) is 7.47. The normalized spacial score (nSPS) is 14.1. The molecular weight excluding hydrogens is 382 g/mol. The van der Waals surface area contributed by atoms with Gasteiger partial charge in [0.05, 0.1) is 19.8 Å². The molecular formula is C23H25N3O4. The van der Waals surface area contributed by atoms with Crippen molar-refractivity contribution in [2.75, 3.05) is 38.6 Å². The summed E-state index contributed by atoms with van der Waals surface area (Å²) in [6, 6.07) is 13.2. The maximum Gasteiger partial charge on any atom is 0.321 e. The maximum absolute atomic E-state index is 12.8. The molecule has 30 heavy (non-hydrogen) atoms. The molecule has 2 heterocycles. The first kappa shape index (κ1) is 19.8. The number of methoxy groups -OCH3 is 1. The minimum absolute atomic E-state index is 0.0345. The molecule has 3 amide bonds. The Kier molecular flexibility index (Phi) is 5.61. The quantitative estimate of drug-likeness (QED) is 0.716. The Labute approximate surface area is 175 Å². The highest BCUT2D eigenvalue weighted by atomic mass is 16.5. The number of amides is 3. The highest BCUT2D eigenvalue weighted by Gasteiger charge is 2.25. The van der Waals surface area contributed by atoms with Gasteiger partial charge in [-0.25, -0.2) is 4.79 Å². The van der Waals surface area contributed by atoms with Crippen LogP contribution in [-0.2, 0) is 11.2 Å². The Hall–Kier alpha value is -3.48. The third-order valence-corrected chi connectivity index (χ3v) is 5.39. The number of anilines is 1. The van der Waals surface area contributed by atoms with E-state index in [1.807, 2.05) is 49.4 Å². The smallest absolute Gasteiger partial charge is 0.321 e. The summed E-state index contributed by atoms with van der Waals surface area (Å²) in [5.74, 6) is 0.752. The summed E-state index contributed by atoms with van der Waals surface area (Å²) < 4.78 is 10.8. The van der Waals surface area contributed by atoms with E-state index in [1.54, 1.807) is 23.2 Å². The van der Waals surface area contributed by atoms with Crippen LogP contribution in [0.2, 0.25) is 0 Å². The number of urea groups is 1. The van der Waals surface area contributed by atoms with Gasteiger partial charge in [0.2, 0.25) is 5.91 Å². The predicted octanol–water partition coefficient (Wildman–Crippen LogP) is 3.67. The van der Waals surface area contributed by atoms with Crippen molar-refractivity contribution in [3.05, 3.63) is 59.9 Å². The topological polar surface area (TPSA) is 75.0 Å². The van der Waals surface area contributed by atoms with E-state index in [4.69, 9.17) is 9.15 Å². The third-order valence-electron chi connectivity index (χ3n) is 5.39. The number of piperazine rings is 1. The van der Waals surface area contributed by atoms with Crippen LogP contribution in [0.5, 0.6) is 5.75 Å². The maximum atomic E-state index is 12.8. The Morgan fingerprint density at radius 1 is 1.07 bits per heavy atom. The summed E-state index contributed by atoms with van der Waals surface area (Å²) in [7, 11) is 1.61. The Bertz CT molecular complexity index is 1070. The number of carbonyl (C=O) groups is 2. The summed E-state index contributed by atoms with van der Waals surface area (Å²) >= 11 is 0. The number of nitrogens with zero attached hydrogens (tertiary/aromatic N) is 2. The molecule has 4 rings (SSSR count). The molecule has 2 aromatic carbocycles. The second kappa shape index (κ2) is 8.49. The lowest BCUT2D eigenvalue weighted by Gasteiger charge is -2.34. The number of aryl methyl sites for hydroxylation is 1. The van der Waals surface area contributed by atoms with Crippen LogP contribution in [0, 0.1) is 6.92 Å². The molecule has 0 atom stereocenters. The van der Waals surface area contributed by atoms with Gasteiger partial charge in [-0.3, -0.25) is 4.79 Å². The minimum atomic E-state index is -0.137. The first-order valence-electron chi connectivity index (χ1n) is 9.98. The van der Waals surface area contributed by atoms with Gasteiger partial charge in [0.25, 0.3) is 0 Å². The van der Waals surface area contributed by atoms with Gasteiger partial charge in [-0.2, -0.15) is 0 Å². The average molecular weight is 407 g/mol. The molecule has 0 bridgehead atoms. The highest BCUT2D eigenvalue weighted by molar-refractivity contribution is 5.90. The van der Waals surface area contributed by atoms with E-state index in [-0.39, 0.29) is 18.4 Å². The van der Waals surface area contributed by atoms with Gasteiger partial charge < -0.3 is 24.3 Å². The molecule has 3 aromatic rings. The van der Waals surface area contributed by atoms with E-state index in [9.17, 15) is 9.59 Å². The highest BCUT2D eigenvalue weighted by Crippen LogP contribution is 2.26. The van der Waals surface area contributed by atoms with Gasteiger partial charge in [0.15, 0.2) is 0 Å². The molecule has 1 aliphatic heterocycles. The number of ether oxygens (including phenoxy) is 1. The van der Waals surface area contributed by atoms with Crippen molar-refractivity contribution < 1.29 is 18.7 Å². The number of fused-ring (bicyclic) bond motifs is 1. The molecule has 1 saturated heterocycles. The number of nitrogens with one attached hydrogen (secondary N) is 1. The number of benzene rings is 2. The monoisotopic (exact) mass is 407 g/mol. The lowest BCUT2D eigenvalue weighted by Crippen LogP contribution is -2.52. The molecule has 0 radical (unpaired) electrons. The van der Waals surface area contributed by atoms with Crippen molar-refractivity contribution in [3.63, 3.8) is 0 Å². The van der Waals surface area contributed by atoms with E-state index in [2.05, 4.69) is 5.32 Å². The van der Waals surface area contributed by atoms with Crippen LogP contribution >= 0.6 is 0 Å². The fourth-order valence-electron chi connectivity index (χ4n) is 3.69. The molecule has 1 aliphatic rings. The number of hydrogen-bond donors (Lipinski definition) is 1. The summed E-state index contributed by atoms with van der Waals surface area (Å²) in [6.45, 7) is 4.03. The summed E-state index contributed by atoms with van der Waals surface area (Å²) in [6.07, 6.45) is 1.91. The van der Waals surface area contributed by atoms with Crippen molar-refractivity contribution >= 4 is 28.6 Å². The molecule has 1 N–H and O–H groups in total. The van der Waals surface area contributed by atoms with E-state index in [0.29, 0.717) is 31.8 Å². The number of carbonyl (C=O) groups excluding carboxylic acids is 2. The molecule has 7 nitrogen and oxygen atoms in total. The van der Waals surface area contributed by atoms with Crippen LogP contribution in [-0.4, -0.2) is 55.0 Å². The molecule has 0 unspecified atom stereocenters. The number of furan rings is 1. The largest absolute Gasteiger partial charge is 0.497 e. The second-order valence-corrected chi connectivity index (χ2v) is 7.47. The first-order chi connectivity index (χ1) is 14.5. The molecule has 1 fully saturated rings. The zero-order valence-electron chi connectivity index (χ0n) is 17.2. The summed E-state index contributed by atoms with van der Waals surface area (Å²) in [5.41, 5.74) is 3.43. The van der Waals surface area contributed by atoms with Gasteiger partial charge in [0.1, 0.15) is 11.3 Å². The van der Waals surface area contributed by atoms with E-state index in [1.165, 1.54) is 0 Å². The average Bonchev–Trinajstić information content (AvgIpc) is 3.15. The fraction of sp³-hybridized carbons (Fsp3) is 0.304. The fourth-order valence-corrected chi connectivity index (χ4v) is 3.69. The third kappa shape index (κ3) is 4.25. The van der Waals surface area contributed by atoms with Gasteiger partial charge in [-0.15, -0.1) is 0 Å². The number of hydrogen-bond acceptors (Lipinski definition) is 4. The Morgan fingerprint density at radius 3 is 2.57 bits per heavy atom. The van der Waals surface area contributed by atoms with Crippen molar-refractivity contribution in [2.45, 2.75) is 13.3 Å². The van der Waals surface area contributed by atoms with Gasteiger partial charge >= 0.3 is 6.03 Å². The van der Waals surface area contributed by atoms with Crippen LogP contribution < -0.4 is 10.1 Å². The van der Waals surface area contributed by atoms with Crippen molar-refractivity contribution in [3.8, 4) is 5.75 Å². The lowest BCUT2D eigenvalue weighted by molar-refractivity contribution is -0.131. The lowest BCUT2D eigenvalue weighted by atomic mass is 10.1. The van der Waals surface area contributed by atoms with Crippen LogP contribution in [0.1, 0.15) is 11.1 Å². The SMILES string of the molecule is COc1ccc2c(CC(=O)N3CCN(C(=O)Nc4cccc(C)c4)CC3)coc2c1. The van der Waals surface area contributed by atoms with Crippen molar-refractivity contribution in [2.24, 2.45) is 0 Å². The Balaban J connectivity index is 1.32. The van der Waals surface area contributed by atoms with Gasteiger partial charge in [-0.05, 0) is 36.8 Å². The zero-order valence-corrected chi connectivity index (χ0v) is 17.2. The van der Waals surface area contributed by atoms with Crippen LogP contribution in [0.25, 0.3) is 11.0 Å². The molecule has 7 heteroatoms. The van der Waals surface area contributed by atoms with Crippen molar-refractivity contribution in [1.82, 2.24) is 9.80 Å². The molecule has 0 spiro atoms. The van der Waals surface area contributed by atoms with Gasteiger partial charge in [0, 0.05) is 48.9 Å². The Morgan fingerprint density at radius 2 is 1.83 bits per heavy atom. The van der Waals surface area contributed by atoms with E-state index in [0.717, 1.165) is 28.0 Å². The van der Waals surface area contributed by atoms with E-state index < -0.39 is 0 Å². The zero-order chi connectivity index (χ0) is 21.1. The standard InChI is InChI=1S/C23H25N3O4/c1-16-4-3-5-18(12-16)24-23(28)26-10-8-25(9-11-26)22(27)13-17-15-30-21-14-19(29-2)6-7-20(17)21/h3-7,12,14-15H,8-11,13H2,1-2H3,(H,24,28). The summed E-state index contributed by atoms with van der Waals surface area (Å²) in [5, 5.41) is 3.84. The van der Waals surface area contributed by atoms with Crippen LogP contribution in [0.4, 0.5) is 10.5 Å².